The molecule has 0 aliphatic rings. The van der Waals surface area contributed by atoms with Crippen LogP contribution in [0.2, 0.25) is 0 Å². The Kier molecular flexibility index (Phi) is 5.94. The van der Waals surface area contributed by atoms with E-state index >= 15 is 0 Å². The van der Waals surface area contributed by atoms with Crippen LogP contribution in [-0.4, -0.2) is 28.0 Å². The summed E-state index contributed by atoms with van der Waals surface area (Å²) in [7, 11) is 0. The lowest BCUT2D eigenvalue weighted by molar-refractivity contribution is -0.147. The van der Waals surface area contributed by atoms with Crippen LogP contribution >= 0.6 is 11.3 Å². The molecule has 0 fully saturated rings. The van der Waals surface area contributed by atoms with Gasteiger partial charge in [-0.15, -0.1) is 11.3 Å². The summed E-state index contributed by atoms with van der Waals surface area (Å²) in [6.07, 6.45) is -0.0601. The smallest absolute Gasteiger partial charge is 0.419 e. The third-order valence-electron chi connectivity index (χ3n) is 4.54. The maximum atomic E-state index is 12.2. The largest absolute Gasteiger partial charge is 0.456 e. The van der Waals surface area contributed by atoms with Crippen LogP contribution < -0.4 is 11.1 Å². The monoisotopic (exact) mass is 437 g/mol. The number of hydrogen-bond acceptors (Lipinski definition) is 7. The number of ether oxygens (including phenoxy) is 1. The zero-order chi connectivity index (χ0) is 21.8. The fourth-order valence-corrected chi connectivity index (χ4v) is 3.72. The van der Waals surface area contributed by atoms with E-state index in [4.69, 9.17) is 9.15 Å². The van der Waals surface area contributed by atoms with Gasteiger partial charge in [-0.1, -0.05) is 24.3 Å². The van der Waals surface area contributed by atoms with Gasteiger partial charge < -0.3 is 14.5 Å². The fourth-order valence-electron chi connectivity index (χ4n) is 3.10. The number of fused-ring (bicyclic) bond motifs is 1. The van der Waals surface area contributed by atoms with E-state index in [2.05, 4.69) is 10.3 Å². The number of esters is 1. The number of rotatable bonds is 7. The first-order chi connectivity index (χ1) is 15.0. The van der Waals surface area contributed by atoms with Crippen LogP contribution in [0.5, 0.6) is 0 Å². The molecule has 8 nitrogen and oxygen atoms in total. The van der Waals surface area contributed by atoms with Crippen molar-refractivity contribution < 1.29 is 18.7 Å². The normalized spacial score (nSPS) is 10.9. The van der Waals surface area contributed by atoms with Crippen LogP contribution in [-0.2, 0) is 20.9 Å². The number of para-hydroxylation sites is 2. The molecule has 1 N–H and O–H groups in total. The van der Waals surface area contributed by atoms with Gasteiger partial charge in [0.1, 0.15) is 0 Å². The molecule has 31 heavy (non-hydrogen) atoms. The first-order valence-electron chi connectivity index (χ1n) is 9.56. The molecular weight excluding hydrogens is 418 g/mol. The van der Waals surface area contributed by atoms with Crippen molar-refractivity contribution in [2.24, 2.45) is 0 Å². The molecule has 2 aromatic carbocycles. The summed E-state index contributed by atoms with van der Waals surface area (Å²) in [5, 5.41) is 5.62. The number of carbonyl (C=O) groups excluding carboxylic acids is 2. The molecule has 0 unspecified atom stereocenters. The lowest BCUT2D eigenvalue weighted by Gasteiger charge is -2.08. The van der Waals surface area contributed by atoms with Gasteiger partial charge in [0.25, 0.3) is 5.91 Å². The maximum Gasteiger partial charge on any atom is 0.419 e. The zero-order valence-electron chi connectivity index (χ0n) is 16.7. The minimum Gasteiger partial charge on any atom is -0.456 e. The molecule has 0 saturated carbocycles. The van der Waals surface area contributed by atoms with Crippen molar-refractivity contribution in [2.45, 2.75) is 19.9 Å². The van der Waals surface area contributed by atoms with Crippen LogP contribution in [0.15, 0.2) is 63.1 Å². The second-order valence-corrected chi connectivity index (χ2v) is 7.84. The predicted octanol–water partition coefficient (Wildman–Crippen LogP) is 3.60. The average molecular weight is 437 g/mol. The van der Waals surface area contributed by atoms with E-state index in [-0.39, 0.29) is 13.0 Å². The number of carbonyl (C=O) groups is 2. The molecule has 0 spiro atoms. The van der Waals surface area contributed by atoms with E-state index in [0.717, 1.165) is 16.3 Å². The van der Waals surface area contributed by atoms with Crippen LogP contribution in [0.1, 0.15) is 11.4 Å². The van der Waals surface area contributed by atoms with Crippen LogP contribution in [0.25, 0.3) is 22.4 Å². The number of oxazole rings is 1. The Hall–Kier alpha value is -3.72. The molecule has 2 aromatic heterocycles. The molecular formula is C22H19N3O5S. The highest BCUT2D eigenvalue weighted by Crippen LogP contribution is 2.24. The van der Waals surface area contributed by atoms with Crippen molar-refractivity contribution >= 4 is 40.0 Å². The Labute approximate surface area is 181 Å². The third kappa shape index (κ3) is 4.89. The number of amides is 1. The minimum atomic E-state index is -0.584. The van der Waals surface area contributed by atoms with Gasteiger partial charge in [0.2, 0.25) is 0 Å². The Balaban J connectivity index is 1.29. The van der Waals surface area contributed by atoms with E-state index in [0.29, 0.717) is 16.8 Å². The van der Waals surface area contributed by atoms with Gasteiger partial charge >= 0.3 is 11.7 Å². The van der Waals surface area contributed by atoms with Crippen molar-refractivity contribution in [3.63, 3.8) is 0 Å². The highest BCUT2D eigenvalue weighted by molar-refractivity contribution is 7.09. The van der Waals surface area contributed by atoms with Crippen LogP contribution in [0, 0.1) is 6.92 Å². The number of thiazole rings is 1. The van der Waals surface area contributed by atoms with Gasteiger partial charge in [0.15, 0.2) is 12.2 Å². The third-order valence-corrected chi connectivity index (χ3v) is 5.31. The van der Waals surface area contributed by atoms with Gasteiger partial charge in [-0.25, -0.2) is 9.78 Å². The summed E-state index contributed by atoms with van der Waals surface area (Å²) < 4.78 is 11.5. The van der Waals surface area contributed by atoms with Gasteiger partial charge in [0, 0.05) is 23.2 Å². The van der Waals surface area contributed by atoms with Gasteiger partial charge in [0.05, 0.1) is 22.6 Å². The zero-order valence-corrected chi connectivity index (χ0v) is 17.5. The Morgan fingerprint density at radius 1 is 1.19 bits per heavy atom. The molecule has 158 valence electrons. The average Bonchev–Trinajstić information content (AvgIpc) is 3.33. The molecule has 0 bridgehead atoms. The maximum absolute atomic E-state index is 12.2. The number of aryl methyl sites for hydroxylation is 2. The topological polar surface area (TPSA) is 103 Å². The van der Waals surface area contributed by atoms with Crippen molar-refractivity contribution in [2.75, 3.05) is 11.9 Å². The SMILES string of the molecule is Cc1nc(-c2cccc(NC(=O)COC(=O)CCn3c(=O)oc4ccccc43)c2)cs1. The van der Waals surface area contributed by atoms with E-state index in [1.807, 2.05) is 30.5 Å². The fraction of sp³-hybridized carbons (Fsp3) is 0.182. The Morgan fingerprint density at radius 2 is 2.03 bits per heavy atom. The second-order valence-electron chi connectivity index (χ2n) is 6.78. The highest BCUT2D eigenvalue weighted by Gasteiger charge is 2.13. The van der Waals surface area contributed by atoms with E-state index in [1.165, 1.54) is 4.57 Å². The molecule has 2 heterocycles. The molecule has 4 rings (SSSR count). The number of anilines is 1. The number of benzene rings is 2. The van der Waals surface area contributed by atoms with E-state index in [1.54, 1.807) is 41.7 Å². The molecule has 1 amide bonds. The molecule has 0 radical (unpaired) electrons. The molecule has 0 atom stereocenters. The number of aromatic nitrogens is 2. The molecule has 0 aliphatic heterocycles. The van der Waals surface area contributed by atoms with Crippen molar-refractivity contribution in [3.05, 3.63) is 69.5 Å². The first-order valence-corrected chi connectivity index (χ1v) is 10.4. The number of nitrogens with zero attached hydrogens (tertiary/aromatic N) is 2. The Morgan fingerprint density at radius 3 is 2.84 bits per heavy atom. The van der Waals surface area contributed by atoms with Gasteiger partial charge in [-0.2, -0.15) is 0 Å². The summed E-state index contributed by atoms with van der Waals surface area (Å²) in [5.74, 6) is -1.58. The second kappa shape index (κ2) is 8.97. The summed E-state index contributed by atoms with van der Waals surface area (Å²) in [6.45, 7) is 1.62. The quantitative estimate of drug-likeness (QED) is 0.443. The van der Waals surface area contributed by atoms with E-state index < -0.39 is 24.2 Å². The van der Waals surface area contributed by atoms with Gasteiger partial charge in [-0.05, 0) is 31.2 Å². The molecule has 0 saturated heterocycles. The van der Waals surface area contributed by atoms with E-state index in [9.17, 15) is 14.4 Å². The Bertz CT molecular complexity index is 1300. The van der Waals surface area contributed by atoms with Crippen molar-refractivity contribution in [1.82, 2.24) is 9.55 Å². The summed E-state index contributed by atoms with van der Waals surface area (Å²) in [5.41, 5.74) is 3.37. The van der Waals surface area contributed by atoms with Crippen molar-refractivity contribution in [3.8, 4) is 11.3 Å². The molecule has 0 aliphatic carbocycles. The van der Waals surface area contributed by atoms with Crippen LogP contribution in [0.4, 0.5) is 5.69 Å². The van der Waals surface area contributed by atoms with Crippen molar-refractivity contribution in [1.29, 1.82) is 0 Å². The standard InChI is InChI=1S/C22H19N3O5S/c1-14-23-17(13-31-14)15-5-4-6-16(11-15)24-20(26)12-29-21(27)9-10-25-18-7-2-3-8-19(18)30-22(25)28/h2-8,11,13H,9-10,12H2,1H3,(H,24,26). The van der Waals surface area contributed by atoms with Crippen LogP contribution in [0.3, 0.4) is 0 Å². The number of hydrogen-bond donors (Lipinski definition) is 1. The minimum absolute atomic E-state index is 0.0601. The predicted molar refractivity (Wildman–Crippen MR) is 117 cm³/mol. The molecule has 4 aromatic rings. The summed E-state index contributed by atoms with van der Waals surface area (Å²) >= 11 is 1.55. The first kappa shape index (κ1) is 20.5. The van der Waals surface area contributed by atoms with Gasteiger partial charge in [-0.3, -0.25) is 14.2 Å². The highest BCUT2D eigenvalue weighted by atomic mass is 32.1. The lowest BCUT2D eigenvalue weighted by Crippen LogP contribution is -2.22. The summed E-state index contributed by atoms with van der Waals surface area (Å²) in [4.78, 5) is 40.5. The summed E-state index contributed by atoms with van der Waals surface area (Å²) in [6, 6.07) is 14.2. The number of nitrogens with one attached hydrogen (secondary N) is 1. The lowest BCUT2D eigenvalue weighted by atomic mass is 10.1. The molecule has 9 heteroatoms.